The lowest BCUT2D eigenvalue weighted by atomic mass is 9.99. The van der Waals surface area contributed by atoms with Crippen LogP contribution in [-0.4, -0.2) is 44.2 Å². The van der Waals surface area contributed by atoms with Crippen molar-refractivity contribution in [1.82, 2.24) is 0 Å². The van der Waals surface area contributed by atoms with Crippen LogP contribution in [0.5, 0.6) is 23.0 Å². The molecule has 0 bridgehead atoms. The van der Waals surface area contributed by atoms with Gasteiger partial charge in [0, 0.05) is 12.1 Å². The van der Waals surface area contributed by atoms with Crippen LogP contribution < -0.4 is 0 Å². The molecule has 244 valence electrons. The van der Waals surface area contributed by atoms with Gasteiger partial charge in [-0.3, -0.25) is 4.79 Å². The molecule has 0 saturated carbocycles. The summed E-state index contributed by atoms with van der Waals surface area (Å²) in [7, 11) is 0. The van der Waals surface area contributed by atoms with Crippen LogP contribution >= 0.6 is 0 Å². The van der Waals surface area contributed by atoms with Gasteiger partial charge in [0.25, 0.3) is 6.47 Å². The first kappa shape index (κ1) is 38.1. The van der Waals surface area contributed by atoms with Crippen LogP contribution in [0, 0.1) is 6.92 Å². The average molecular weight is 603 g/mol. The van der Waals surface area contributed by atoms with E-state index >= 15 is 0 Å². The summed E-state index contributed by atoms with van der Waals surface area (Å²) in [6, 6.07) is 7.88. The number of carbonyl (C=O) groups is 1. The van der Waals surface area contributed by atoms with Crippen LogP contribution in [0.3, 0.4) is 0 Å². The number of hydrogen-bond acceptors (Lipinski definition) is 7. The van der Waals surface area contributed by atoms with Crippen molar-refractivity contribution in [3.8, 4) is 23.0 Å². The molecule has 2 aromatic carbocycles. The third-order valence-electron chi connectivity index (χ3n) is 7.89. The number of aryl methyl sites for hydroxylation is 2. The van der Waals surface area contributed by atoms with Crippen molar-refractivity contribution in [3.05, 3.63) is 47.0 Å². The molecule has 7 nitrogen and oxygen atoms in total. The largest absolute Gasteiger partial charge is 0.508 e. The molecule has 0 aromatic heterocycles. The van der Waals surface area contributed by atoms with Crippen LogP contribution in [-0.2, 0) is 22.4 Å². The number of hydrogen-bond donors (Lipinski definition) is 5. The lowest BCUT2D eigenvalue weighted by molar-refractivity contribution is -0.134. The normalized spacial score (nSPS) is 12.3. The lowest BCUT2D eigenvalue weighted by Crippen LogP contribution is -2.11. The topological polar surface area (TPSA) is 127 Å². The van der Waals surface area contributed by atoms with Gasteiger partial charge in [-0.25, -0.2) is 0 Å². The van der Waals surface area contributed by atoms with Crippen molar-refractivity contribution in [3.63, 3.8) is 0 Å². The highest BCUT2D eigenvalue weighted by molar-refractivity contribution is 5.44. The Hall–Kier alpha value is -2.93. The van der Waals surface area contributed by atoms with E-state index in [9.17, 15) is 30.3 Å². The first-order chi connectivity index (χ1) is 20.7. The van der Waals surface area contributed by atoms with Gasteiger partial charge in [0.1, 0.15) is 29.1 Å². The molecule has 5 N–H and O–H groups in total. The third-order valence-corrected chi connectivity index (χ3v) is 7.89. The fourth-order valence-corrected chi connectivity index (χ4v) is 5.42. The van der Waals surface area contributed by atoms with Gasteiger partial charge in [-0.15, -0.1) is 0 Å². The van der Waals surface area contributed by atoms with Crippen molar-refractivity contribution in [1.29, 1.82) is 0 Å². The zero-order valence-corrected chi connectivity index (χ0v) is 26.9. The summed E-state index contributed by atoms with van der Waals surface area (Å²) in [5, 5.41) is 47.6. The van der Waals surface area contributed by atoms with E-state index in [4.69, 9.17) is 4.74 Å². The number of phenols is 4. The summed E-state index contributed by atoms with van der Waals surface area (Å²) < 4.78 is 5.06. The zero-order chi connectivity index (χ0) is 31.9. The predicted octanol–water partition coefficient (Wildman–Crippen LogP) is 8.77. The van der Waals surface area contributed by atoms with E-state index in [-0.39, 0.29) is 35.2 Å². The molecule has 43 heavy (non-hydrogen) atoms. The summed E-state index contributed by atoms with van der Waals surface area (Å²) in [6.07, 6.45) is 18.8. The summed E-state index contributed by atoms with van der Waals surface area (Å²) in [5.41, 5.74) is 2.88. The Bertz CT molecular complexity index is 987. The SMILES string of the molecule is CCCC(CCCCCCCc1cc(O)cc(O)c1)OC=O.CCCC(O)CCCCCCCc1cc(O)cc(O)c1C. The Morgan fingerprint density at radius 1 is 0.651 bits per heavy atom. The van der Waals surface area contributed by atoms with Crippen LogP contribution in [0.25, 0.3) is 0 Å². The Labute approximate surface area is 259 Å². The minimum Gasteiger partial charge on any atom is -0.508 e. The molecule has 0 saturated heterocycles. The second-order valence-electron chi connectivity index (χ2n) is 11.8. The van der Waals surface area contributed by atoms with Crippen LogP contribution in [0.15, 0.2) is 30.3 Å². The van der Waals surface area contributed by atoms with Gasteiger partial charge in [-0.1, -0.05) is 71.6 Å². The first-order valence-electron chi connectivity index (χ1n) is 16.5. The van der Waals surface area contributed by atoms with Gasteiger partial charge in [0.15, 0.2) is 0 Å². The Morgan fingerprint density at radius 3 is 1.79 bits per heavy atom. The fourth-order valence-electron chi connectivity index (χ4n) is 5.42. The number of ether oxygens (including phenoxy) is 1. The van der Waals surface area contributed by atoms with Crippen molar-refractivity contribution in [2.24, 2.45) is 0 Å². The summed E-state index contributed by atoms with van der Waals surface area (Å²) >= 11 is 0. The highest BCUT2D eigenvalue weighted by Crippen LogP contribution is 2.27. The molecular formula is C36H58O7. The van der Waals surface area contributed by atoms with E-state index in [0.29, 0.717) is 6.47 Å². The second-order valence-corrected chi connectivity index (χ2v) is 11.8. The molecule has 0 aliphatic rings. The number of aromatic hydroxyl groups is 4. The van der Waals surface area contributed by atoms with Gasteiger partial charge >= 0.3 is 0 Å². The molecule has 2 unspecified atom stereocenters. The molecule has 0 amide bonds. The Morgan fingerprint density at radius 2 is 1.19 bits per heavy atom. The highest BCUT2D eigenvalue weighted by Gasteiger charge is 2.08. The number of aliphatic hydroxyl groups is 1. The standard InChI is InChI=1S/C18H28O4.C18H30O3/c1-2-8-18(22-14-19)10-7-5-3-4-6-9-15-11-16(20)13-17(21)12-15;1-3-9-16(19)11-8-6-4-5-7-10-15-12-17(20)13-18(21)14(15)2/h11-14,18,20-21H,2-10H2,1H3;12-13,16,19-21H,3-11H2,1-2H3. The second kappa shape index (κ2) is 23.5. The molecule has 7 heteroatoms. The molecule has 0 fully saturated rings. The molecule has 2 atom stereocenters. The van der Waals surface area contributed by atoms with E-state index in [0.717, 1.165) is 119 Å². The Balaban J connectivity index is 0.000000430. The third kappa shape index (κ3) is 18.4. The number of aliphatic hydroxyl groups excluding tert-OH is 1. The number of benzene rings is 2. The monoisotopic (exact) mass is 602 g/mol. The molecule has 0 aliphatic heterocycles. The molecule has 0 spiro atoms. The maximum Gasteiger partial charge on any atom is 0.293 e. The minimum atomic E-state index is -0.118. The number of rotatable bonds is 22. The molecule has 0 radical (unpaired) electrons. The van der Waals surface area contributed by atoms with E-state index < -0.39 is 0 Å². The quantitative estimate of drug-likeness (QED) is 0.0673. The molecule has 2 rings (SSSR count). The average Bonchev–Trinajstić information content (AvgIpc) is 2.94. The van der Waals surface area contributed by atoms with Gasteiger partial charge in [-0.05, 0) is 99.6 Å². The Kier molecular flexibility index (Phi) is 20.8. The summed E-state index contributed by atoms with van der Waals surface area (Å²) in [5.74, 6) is 0.548. The van der Waals surface area contributed by atoms with Gasteiger partial charge in [-0.2, -0.15) is 0 Å². The minimum absolute atomic E-state index is 0.0813. The first-order valence-corrected chi connectivity index (χ1v) is 16.5. The van der Waals surface area contributed by atoms with Gasteiger partial charge in [0.05, 0.1) is 6.10 Å². The van der Waals surface area contributed by atoms with E-state index in [1.807, 2.05) is 6.92 Å². The molecule has 0 heterocycles. The summed E-state index contributed by atoms with van der Waals surface area (Å²) in [4.78, 5) is 10.4. The maximum atomic E-state index is 10.4. The molecule has 2 aromatic rings. The van der Waals surface area contributed by atoms with E-state index in [1.165, 1.54) is 25.0 Å². The van der Waals surface area contributed by atoms with Crippen molar-refractivity contribution < 1.29 is 35.1 Å². The predicted molar refractivity (Wildman–Crippen MR) is 174 cm³/mol. The van der Waals surface area contributed by atoms with Crippen LogP contribution in [0.2, 0.25) is 0 Å². The van der Waals surface area contributed by atoms with E-state index in [1.54, 1.807) is 18.2 Å². The number of unbranched alkanes of at least 4 members (excludes halogenated alkanes) is 8. The maximum absolute atomic E-state index is 10.4. The van der Waals surface area contributed by atoms with Gasteiger partial charge < -0.3 is 30.3 Å². The highest BCUT2D eigenvalue weighted by atomic mass is 16.5. The molecular weight excluding hydrogens is 544 g/mol. The number of carbonyl (C=O) groups excluding carboxylic acids is 1. The van der Waals surface area contributed by atoms with Crippen molar-refractivity contribution in [2.45, 2.75) is 149 Å². The smallest absolute Gasteiger partial charge is 0.293 e. The fraction of sp³-hybridized carbons (Fsp3) is 0.639. The van der Waals surface area contributed by atoms with Crippen molar-refractivity contribution in [2.75, 3.05) is 0 Å². The lowest BCUT2D eigenvalue weighted by Gasteiger charge is -2.13. The number of phenolic OH excluding ortho intramolecular Hbond substituents is 4. The van der Waals surface area contributed by atoms with Crippen molar-refractivity contribution >= 4 is 6.47 Å². The zero-order valence-electron chi connectivity index (χ0n) is 26.9. The summed E-state index contributed by atoms with van der Waals surface area (Å²) in [6.45, 7) is 6.65. The van der Waals surface area contributed by atoms with Crippen LogP contribution in [0.1, 0.15) is 133 Å². The molecule has 0 aliphatic carbocycles. The van der Waals surface area contributed by atoms with Gasteiger partial charge in [0.2, 0.25) is 0 Å². The van der Waals surface area contributed by atoms with E-state index in [2.05, 4.69) is 13.8 Å². The van der Waals surface area contributed by atoms with Crippen LogP contribution in [0.4, 0.5) is 0 Å².